The molecule has 1 aromatic heterocycles. The van der Waals surface area contributed by atoms with Gasteiger partial charge in [0.1, 0.15) is 11.1 Å². The van der Waals surface area contributed by atoms with Crippen LogP contribution < -0.4 is 5.32 Å². The van der Waals surface area contributed by atoms with Crippen LogP contribution in [-0.4, -0.2) is 18.5 Å². The highest BCUT2D eigenvalue weighted by Crippen LogP contribution is 2.26. The van der Waals surface area contributed by atoms with Gasteiger partial charge in [-0.15, -0.1) is 11.3 Å². The number of nitriles is 1. The van der Waals surface area contributed by atoms with Gasteiger partial charge < -0.3 is 10.1 Å². The normalized spacial score (nSPS) is 10.7. The van der Waals surface area contributed by atoms with Gasteiger partial charge in [0.15, 0.2) is 6.61 Å². The number of nitrogens with one attached hydrogen (secondary N) is 1. The lowest BCUT2D eigenvalue weighted by Crippen LogP contribution is -2.21. The van der Waals surface area contributed by atoms with E-state index in [0.717, 1.165) is 11.1 Å². The number of ether oxygens (including phenoxy) is 1. The number of thiophene rings is 1. The molecule has 0 aliphatic heterocycles. The van der Waals surface area contributed by atoms with Gasteiger partial charge in [-0.05, 0) is 40.5 Å². The van der Waals surface area contributed by atoms with E-state index in [0.29, 0.717) is 22.0 Å². The number of carbonyl (C=O) groups is 2. The van der Waals surface area contributed by atoms with Crippen molar-refractivity contribution in [3.63, 3.8) is 0 Å². The first kappa shape index (κ1) is 19.7. The molecule has 6 heteroatoms. The Morgan fingerprint density at radius 3 is 2.54 bits per heavy atom. The third kappa shape index (κ3) is 4.70. The summed E-state index contributed by atoms with van der Waals surface area (Å²) < 4.78 is 5.17. The fourth-order valence-corrected chi connectivity index (χ4v) is 3.22. The summed E-state index contributed by atoms with van der Waals surface area (Å²) in [5.74, 6) is -0.467. The molecular formula is C20H22N2O3S. The van der Waals surface area contributed by atoms with Crippen LogP contribution in [0.1, 0.15) is 66.6 Å². The minimum Gasteiger partial charge on any atom is -0.452 e. The van der Waals surface area contributed by atoms with Gasteiger partial charge in [0, 0.05) is 0 Å². The SMILES string of the molecule is CC(C)c1ccc(C(=O)OCC(=O)Nc2sccc2C#N)c(C(C)C)c1. The molecule has 1 heterocycles. The topological polar surface area (TPSA) is 79.2 Å². The highest BCUT2D eigenvalue weighted by Gasteiger charge is 2.18. The van der Waals surface area contributed by atoms with Gasteiger partial charge in [-0.2, -0.15) is 5.26 Å². The molecule has 0 aliphatic carbocycles. The van der Waals surface area contributed by atoms with Crippen LogP contribution in [0.5, 0.6) is 0 Å². The fourth-order valence-electron chi connectivity index (χ4n) is 2.47. The summed E-state index contributed by atoms with van der Waals surface area (Å²) >= 11 is 1.25. The van der Waals surface area contributed by atoms with Gasteiger partial charge in [0.2, 0.25) is 0 Å². The second-order valence-corrected chi connectivity index (χ2v) is 7.47. The molecule has 0 radical (unpaired) electrons. The largest absolute Gasteiger partial charge is 0.452 e. The number of nitrogens with zero attached hydrogens (tertiary/aromatic N) is 1. The summed E-state index contributed by atoms with van der Waals surface area (Å²) in [7, 11) is 0. The first-order valence-electron chi connectivity index (χ1n) is 8.41. The van der Waals surface area contributed by atoms with E-state index in [2.05, 4.69) is 19.2 Å². The van der Waals surface area contributed by atoms with Crippen molar-refractivity contribution in [1.29, 1.82) is 5.26 Å². The molecule has 1 amide bonds. The molecule has 0 atom stereocenters. The molecule has 1 aromatic carbocycles. The maximum Gasteiger partial charge on any atom is 0.338 e. The zero-order valence-corrected chi connectivity index (χ0v) is 16.1. The molecular weight excluding hydrogens is 348 g/mol. The number of hydrogen-bond donors (Lipinski definition) is 1. The Balaban J connectivity index is 2.05. The van der Waals surface area contributed by atoms with Gasteiger partial charge in [-0.1, -0.05) is 39.8 Å². The van der Waals surface area contributed by atoms with E-state index in [1.54, 1.807) is 17.5 Å². The molecule has 0 bridgehead atoms. The van der Waals surface area contributed by atoms with Crippen molar-refractivity contribution in [1.82, 2.24) is 0 Å². The van der Waals surface area contributed by atoms with Crippen molar-refractivity contribution in [2.75, 3.05) is 11.9 Å². The van der Waals surface area contributed by atoms with Gasteiger partial charge in [-0.25, -0.2) is 4.79 Å². The monoisotopic (exact) mass is 370 g/mol. The predicted molar refractivity (Wildman–Crippen MR) is 103 cm³/mol. The Labute approximate surface area is 157 Å². The van der Waals surface area contributed by atoms with E-state index in [4.69, 9.17) is 10.00 Å². The number of anilines is 1. The summed E-state index contributed by atoms with van der Waals surface area (Å²) in [6.45, 7) is 7.83. The number of hydrogen-bond acceptors (Lipinski definition) is 5. The number of rotatable bonds is 6. The number of benzene rings is 1. The molecule has 0 fully saturated rings. The first-order chi connectivity index (χ1) is 12.3. The van der Waals surface area contributed by atoms with Gasteiger partial charge in [0.25, 0.3) is 5.91 Å². The van der Waals surface area contributed by atoms with Crippen molar-refractivity contribution in [3.05, 3.63) is 51.9 Å². The predicted octanol–water partition coefficient (Wildman–Crippen LogP) is 4.66. The van der Waals surface area contributed by atoms with Crippen molar-refractivity contribution in [2.24, 2.45) is 0 Å². The van der Waals surface area contributed by atoms with E-state index in [-0.39, 0.29) is 5.92 Å². The standard InChI is InChI=1S/C20H22N2O3S/c1-12(2)14-5-6-16(17(9-14)13(3)4)20(24)25-11-18(23)22-19-15(10-21)7-8-26-19/h5-9,12-13H,11H2,1-4H3,(H,22,23). The smallest absolute Gasteiger partial charge is 0.338 e. The Kier molecular flexibility index (Phi) is 6.53. The third-order valence-corrected chi connectivity index (χ3v) is 4.79. The van der Waals surface area contributed by atoms with Crippen LogP contribution >= 0.6 is 11.3 Å². The highest BCUT2D eigenvalue weighted by molar-refractivity contribution is 7.14. The maximum atomic E-state index is 12.4. The minimum absolute atomic E-state index is 0.161. The second kappa shape index (κ2) is 8.63. The number of esters is 1. The summed E-state index contributed by atoms with van der Waals surface area (Å²) in [5.41, 5.74) is 2.93. The summed E-state index contributed by atoms with van der Waals surface area (Å²) in [6.07, 6.45) is 0. The van der Waals surface area contributed by atoms with Crippen molar-refractivity contribution in [3.8, 4) is 6.07 Å². The van der Waals surface area contributed by atoms with Crippen LogP contribution in [-0.2, 0) is 9.53 Å². The average molecular weight is 370 g/mol. The summed E-state index contributed by atoms with van der Waals surface area (Å²) in [5, 5.41) is 13.7. The Morgan fingerprint density at radius 2 is 1.92 bits per heavy atom. The third-order valence-electron chi connectivity index (χ3n) is 3.96. The molecule has 136 valence electrons. The van der Waals surface area contributed by atoms with Crippen LogP contribution in [0.15, 0.2) is 29.6 Å². The Hall–Kier alpha value is -2.65. The Morgan fingerprint density at radius 1 is 1.19 bits per heavy atom. The lowest BCUT2D eigenvalue weighted by Gasteiger charge is -2.15. The second-order valence-electron chi connectivity index (χ2n) is 6.56. The number of amides is 1. The molecule has 0 saturated heterocycles. The molecule has 0 saturated carbocycles. The van der Waals surface area contributed by atoms with Crippen LogP contribution in [0.4, 0.5) is 5.00 Å². The first-order valence-corrected chi connectivity index (χ1v) is 9.29. The zero-order valence-electron chi connectivity index (χ0n) is 15.3. The van der Waals surface area contributed by atoms with Crippen molar-refractivity contribution in [2.45, 2.75) is 39.5 Å². The van der Waals surface area contributed by atoms with Crippen LogP contribution in [0.3, 0.4) is 0 Å². The van der Waals surface area contributed by atoms with Gasteiger partial charge in [0.05, 0.1) is 11.1 Å². The highest BCUT2D eigenvalue weighted by atomic mass is 32.1. The molecule has 2 aromatic rings. The van der Waals surface area contributed by atoms with Crippen molar-refractivity contribution >= 4 is 28.2 Å². The average Bonchev–Trinajstić information content (AvgIpc) is 3.06. The van der Waals surface area contributed by atoms with E-state index in [1.165, 1.54) is 11.3 Å². The molecule has 0 spiro atoms. The number of carbonyl (C=O) groups excluding carboxylic acids is 2. The molecule has 2 rings (SSSR count). The lowest BCUT2D eigenvalue weighted by atomic mass is 9.91. The molecule has 0 unspecified atom stereocenters. The molecule has 5 nitrogen and oxygen atoms in total. The van der Waals surface area contributed by atoms with E-state index >= 15 is 0 Å². The zero-order chi connectivity index (χ0) is 19.3. The maximum absolute atomic E-state index is 12.4. The van der Waals surface area contributed by atoms with Crippen LogP contribution in [0.2, 0.25) is 0 Å². The van der Waals surface area contributed by atoms with E-state index in [9.17, 15) is 9.59 Å². The summed E-state index contributed by atoms with van der Waals surface area (Å²) in [4.78, 5) is 24.4. The van der Waals surface area contributed by atoms with Gasteiger partial charge >= 0.3 is 5.97 Å². The molecule has 1 N–H and O–H groups in total. The quantitative estimate of drug-likeness (QED) is 0.750. The van der Waals surface area contributed by atoms with Gasteiger partial charge in [-0.3, -0.25) is 4.79 Å². The van der Waals surface area contributed by atoms with E-state index < -0.39 is 18.5 Å². The minimum atomic E-state index is -0.522. The Bertz CT molecular complexity index is 847. The molecule has 0 aliphatic rings. The van der Waals surface area contributed by atoms with E-state index in [1.807, 2.05) is 32.0 Å². The van der Waals surface area contributed by atoms with Crippen molar-refractivity contribution < 1.29 is 14.3 Å². The molecule has 26 heavy (non-hydrogen) atoms. The fraction of sp³-hybridized carbons (Fsp3) is 0.350. The van der Waals surface area contributed by atoms with Crippen LogP contribution in [0, 0.1) is 11.3 Å². The lowest BCUT2D eigenvalue weighted by molar-refractivity contribution is -0.119. The summed E-state index contributed by atoms with van der Waals surface area (Å²) in [6, 6.07) is 9.32. The van der Waals surface area contributed by atoms with Crippen LogP contribution in [0.25, 0.3) is 0 Å².